The van der Waals surface area contributed by atoms with E-state index < -0.39 is 6.10 Å². The Kier molecular flexibility index (Phi) is 5.68. The molecule has 2 rings (SSSR count). The van der Waals surface area contributed by atoms with Crippen molar-refractivity contribution >= 4 is 0 Å². The molecule has 20 heavy (non-hydrogen) atoms. The molecule has 0 saturated carbocycles. The van der Waals surface area contributed by atoms with Gasteiger partial charge in [0.25, 0.3) is 0 Å². The van der Waals surface area contributed by atoms with Gasteiger partial charge in [-0.25, -0.2) is 0 Å². The SMILES string of the molecule is CC(C)CCCOCC(O)c1ccc2c(c1)OCCO2. The Morgan fingerprint density at radius 2 is 1.95 bits per heavy atom. The molecule has 1 heterocycles. The van der Waals surface area contributed by atoms with Crippen molar-refractivity contribution in [3.05, 3.63) is 23.8 Å². The first kappa shape index (κ1) is 15.1. The Morgan fingerprint density at radius 1 is 1.20 bits per heavy atom. The summed E-state index contributed by atoms with van der Waals surface area (Å²) in [5.74, 6) is 2.14. The van der Waals surface area contributed by atoms with Gasteiger partial charge >= 0.3 is 0 Å². The Bertz CT molecular complexity index is 417. The van der Waals surface area contributed by atoms with Crippen LogP contribution in [0.5, 0.6) is 11.5 Å². The second kappa shape index (κ2) is 7.50. The van der Waals surface area contributed by atoms with Crippen molar-refractivity contribution in [1.82, 2.24) is 0 Å². The van der Waals surface area contributed by atoms with Crippen LogP contribution in [-0.2, 0) is 4.74 Å². The van der Waals surface area contributed by atoms with Gasteiger partial charge < -0.3 is 19.3 Å². The highest BCUT2D eigenvalue weighted by molar-refractivity contribution is 5.44. The molecule has 1 aromatic rings. The van der Waals surface area contributed by atoms with Crippen LogP contribution in [0.4, 0.5) is 0 Å². The normalized spacial score (nSPS) is 15.4. The molecule has 0 fully saturated rings. The van der Waals surface area contributed by atoms with Crippen LogP contribution in [-0.4, -0.2) is 31.5 Å². The zero-order valence-corrected chi connectivity index (χ0v) is 12.3. The number of hydrogen-bond acceptors (Lipinski definition) is 4. The monoisotopic (exact) mass is 280 g/mol. The first-order valence-electron chi connectivity index (χ1n) is 7.32. The molecule has 0 saturated heterocycles. The molecule has 0 radical (unpaired) electrons. The summed E-state index contributed by atoms with van der Waals surface area (Å²) in [5.41, 5.74) is 0.804. The topological polar surface area (TPSA) is 47.9 Å². The minimum absolute atomic E-state index is 0.317. The van der Waals surface area contributed by atoms with E-state index in [0.717, 1.165) is 24.2 Å². The van der Waals surface area contributed by atoms with Gasteiger partial charge in [-0.05, 0) is 36.5 Å². The molecule has 0 amide bonds. The number of aliphatic hydroxyl groups excluding tert-OH is 1. The molecule has 1 aliphatic heterocycles. The third-order valence-electron chi connectivity index (χ3n) is 3.30. The average molecular weight is 280 g/mol. The van der Waals surface area contributed by atoms with Crippen LogP contribution in [0, 0.1) is 5.92 Å². The van der Waals surface area contributed by atoms with E-state index in [-0.39, 0.29) is 0 Å². The highest BCUT2D eigenvalue weighted by atomic mass is 16.6. The fourth-order valence-electron chi connectivity index (χ4n) is 2.15. The molecule has 1 unspecified atom stereocenters. The summed E-state index contributed by atoms with van der Waals surface area (Å²) in [6, 6.07) is 5.53. The molecule has 0 aliphatic carbocycles. The standard InChI is InChI=1S/C16H24O4/c1-12(2)4-3-7-18-11-14(17)13-5-6-15-16(10-13)20-9-8-19-15/h5-6,10,12,14,17H,3-4,7-9,11H2,1-2H3. The zero-order valence-electron chi connectivity index (χ0n) is 12.3. The lowest BCUT2D eigenvalue weighted by Crippen LogP contribution is -2.16. The molecule has 1 aromatic carbocycles. The van der Waals surface area contributed by atoms with Crippen LogP contribution in [0.25, 0.3) is 0 Å². The summed E-state index contributed by atoms with van der Waals surface area (Å²) < 4.78 is 16.5. The fourth-order valence-corrected chi connectivity index (χ4v) is 2.15. The molecule has 1 N–H and O–H groups in total. The maximum Gasteiger partial charge on any atom is 0.161 e. The molecule has 1 atom stereocenters. The summed E-state index contributed by atoms with van der Waals surface area (Å²) >= 11 is 0. The molecule has 0 spiro atoms. The van der Waals surface area contributed by atoms with E-state index in [4.69, 9.17) is 14.2 Å². The van der Waals surface area contributed by atoms with Gasteiger partial charge in [0.15, 0.2) is 11.5 Å². The van der Waals surface area contributed by atoms with E-state index in [1.165, 1.54) is 0 Å². The van der Waals surface area contributed by atoms with Gasteiger partial charge in [-0.1, -0.05) is 19.9 Å². The van der Waals surface area contributed by atoms with E-state index in [2.05, 4.69) is 13.8 Å². The van der Waals surface area contributed by atoms with Crippen LogP contribution in [0.3, 0.4) is 0 Å². The second-order valence-corrected chi connectivity index (χ2v) is 5.53. The lowest BCUT2D eigenvalue weighted by Gasteiger charge is -2.20. The third kappa shape index (κ3) is 4.39. The molecule has 1 aliphatic rings. The first-order valence-corrected chi connectivity index (χ1v) is 7.32. The van der Waals surface area contributed by atoms with Crippen molar-refractivity contribution in [1.29, 1.82) is 0 Å². The van der Waals surface area contributed by atoms with E-state index >= 15 is 0 Å². The summed E-state index contributed by atoms with van der Waals surface area (Å²) in [5, 5.41) is 10.1. The molecule has 4 heteroatoms. The van der Waals surface area contributed by atoms with Gasteiger partial charge in [0.05, 0.1) is 6.61 Å². The van der Waals surface area contributed by atoms with Crippen molar-refractivity contribution in [2.75, 3.05) is 26.4 Å². The molecule has 0 aromatic heterocycles. The third-order valence-corrected chi connectivity index (χ3v) is 3.30. The van der Waals surface area contributed by atoms with Crippen molar-refractivity contribution in [2.45, 2.75) is 32.8 Å². The molecule has 112 valence electrons. The van der Waals surface area contributed by atoms with E-state index in [1.54, 1.807) is 0 Å². The maximum absolute atomic E-state index is 10.1. The summed E-state index contributed by atoms with van der Waals surface area (Å²) in [6.45, 7) is 6.54. The van der Waals surface area contributed by atoms with Crippen LogP contribution >= 0.6 is 0 Å². The lowest BCUT2D eigenvalue weighted by atomic mass is 10.1. The number of fused-ring (bicyclic) bond motifs is 1. The fraction of sp³-hybridized carbons (Fsp3) is 0.625. The van der Waals surface area contributed by atoms with Gasteiger partial charge in [-0.15, -0.1) is 0 Å². The van der Waals surface area contributed by atoms with E-state index in [9.17, 15) is 5.11 Å². The number of hydrogen-bond donors (Lipinski definition) is 1. The van der Waals surface area contributed by atoms with E-state index in [0.29, 0.717) is 38.1 Å². The van der Waals surface area contributed by atoms with Crippen molar-refractivity contribution in [3.8, 4) is 11.5 Å². The molecular formula is C16H24O4. The highest BCUT2D eigenvalue weighted by Gasteiger charge is 2.15. The van der Waals surface area contributed by atoms with Gasteiger partial charge in [0.1, 0.15) is 19.3 Å². The van der Waals surface area contributed by atoms with E-state index in [1.807, 2.05) is 18.2 Å². The Labute approximate surface area is 120 Å². The van der Waals surface area contributed by atoms with Crippen molar-refractivity contribution in [3.63, 3.8) is 0 Å². The van der Waals surface area contributed by atoms with Crippen molar-refractivity contribution < 1.29 is 19.3 Å². The number of aliphatic hydroxyl groups is 1. The molecular weight excluding hydrogens is 256 g/mol. The van der Waals surface area contributed by atoms with Crippen molar-refractivity contribution in [2.24, 2.45) is 5.92 Å². The molecule has 0 bridgehead atoms. The zero-order chi connectivity index (χ0) is 14.4. The summed E-state index contributed by atoms with van der Waals surface area (Å²) in [6.07, 6.45) is 1.57. The predicted octanol–water partition coefficient (Wildman–Crippen LogP) is 2.94. The Morgan fingerprint density at radius 3 is 2.70 bits per heavy atom. The minimum Gasteiger partial charge on any atom is -0.486 e. The smallest absolute Gasteiger partial charge is 0.161 e. The molecule has 4 nitrogen and oxygen atoms in total. The van der Waals surface area contributed by atoms with Gasteiger partial charge in [0.2, 0.25) is 0 Å². The largest absolute Gasteiger partial charge is 0.486 e. The summed E-state index contributed by atoms with van der Waals surface area (Å²) in [7, 11) is 0. The average Bonchev–Trinajstić information content (AvgIpc) is 2.46. The van der Waals surface area contributed by atoms with Crippen LogP contribution < -0.4 is 9.47 Å². The number of ether oxygens (including phenoxy) is 3. The Hall–Kier alpha value is -1.26. The maximum atomic E-state index is 10.1. The van der Waals surface area contributed by atoms with Gasteiger partial charge in [-0.2, -0.15) is 0 Å². The van der Waals surface area contributed by atoms with Crippen LogP contribution in [0.15, 0.2) is 18.2 Å². The van der Waals surface area contributed by atoms with Gasteiger partial charge in [-0.3, -0.25) is 0 Å². The lowest BCUT2D eigenvalue weighted by molar-refractivity contribution is 0.0335. The van der Waals surface area contributed by atoms with Gasteiger partial charge in [0, 0.05) is 6.61 Å². The quantitative estimate of drug-likeness (QED) is 0.780. The van der Waals surface area contributed by atoms with Crippen LogP contribution in [0.1, 0.15) is 38.4 Å². The highest BCUT2D eigenvalue weighted by Crippen LogP contribution is 2.32. The van der Waals surface area contributed by atoms with Crippen LogP contribution in [0.2, 0.25) is 0 Å². The second-order valence-electron chi connectivity index (χ2n) is 5.53. The first-order chi connectivity index (χ1) is 9.66. The predicted molar refractivity (Wildman–Crippen MR) is 77.3 cm³/mol. The number of benzene rings is 1. The minimum atomic E-state index is -0.620. The number of rotatable bonds is 7. The Balaban J connectivity index is 1.79. The summed E-state index contributed by atoms with van der Waals surface area (Å²) in [4.78, 5) is 0.